The molecule has 1 aliphatic heterocycles. The molecule has 2 aromatic carbocycles. The summed E-state index contributed by atoms with van der Waals surface area (Å²) in [6, 6.07) is 16.2. The molecular weight excluding hydrogens is 296 g/mol. The van der Waals surface area contributed by atoms with Crippen LogP contribution in [-0.2, 0) is 11.4 Å². The first-order chi connectivity index (χ1) is 10.7. The molecule has 0 amide bonds. The van der Waals surface area contributed by atoms with Gasteiger partial charge in [0.1, 0.15) is 6.10 Å². The molecule has 0 bridgehead atoms. The maximum Gasteiger partial charge on any atom is 0.145 e. The number of nitrogens with zero attached hydrogens (tertiary/aromatic N) is 1. The molecular formula is C18H19ClN2O. The van der Waals surface area contributed by atoms with Gasteiger partial charge in [-0.3, -0.25) is 0 Å². The summed E-state index contributed by atoms with van der Waals surface area (Å²) in [7, 11) is 0. The van der Waals surface area contributed by atoms with Gasteiger partial charge in [0.25, 0.3) is 0 Å². The molecule has 0 fully saturated rings. The lowest BCUT2D eigenvalue weighted by molar-refractivity contribution is 0.0848. The van der Waals surface area contributed by atoms with Crippen LogP contribution < -0.4 is 5.32 Å². The van der Waals surface area contributed by atoms with E-state index in [1.807, 2.05) is 24.3 Å². The lowest BCUT2D eigenvalue weighted by Gasteiger charge is -2.10. The summed E-state index contributed by atoms with van der Waals surface area (Å²) < 4.78 is 0. The average molecular weight is 315 g/mol. The van der Waals surface area contributed by atoms with E-state index in [9.17, 15) is 0 Å². The third kappa shape index (κ3) is 3.67. The minimum atomic E-state index is 0.0822. The van der Waals surface area contributed by atoms with Gasteiger partial charge in [0, 0.05) is 24.5 Å². The summed E-state index contributed by atoms with van der Waals surface area (Å²) >= 11 is 6.14. The number of hydrogen-bond donors (Lipinski definition) is 1. The van der Waals surface area contributed by atoms with Crippen LogP contribution in [0.15, 0.2) is 53.7 Å². The molecule has 114 valence electrons. The molecule has 3 nitrogen and oxygen atoms in total. The molecule has 0 unspecified atom stereocenters. The fourth-order valence-electron chi connectivity index (χ4n) is 2.46. The SMILES string of the molecule is Cc1ccc(C2=NO[C@H](CNCc3ccccc3Cl)C2)cc1. The lowest BCUT2D eigenvalue weighted by Crippen LogP contribution is -2.26. The fourth-order valence-corrected chi connectivity index (χ4v) is 2.67. The summed E-state index contributed by atoms with van der Waals surface area (Å²) in [6.07, 6.45) is 0.914. The minimum Gasteiger partial charge on any atom is -0.390 e. The predicted octanol–water partition coefficient (Wildman–Crippen LogP) is 3.93. The molecule has 0 spiro atoms. The quantitative estimate of drug-likeness (QED) is 0.907. The van der Waals surface area contributed by atoms with Crippen LogP contribution >= 0.6 is 11.6 Å². The summed E-state index contributed by atoms with van der Waals surface area (Å²) in [5.41, 5.74) is 4.51. The van der Waals surface area contributed by atoms with Gasteiger partial charge in [-0.1, -0.05) is 64.8 Å². The summed E-state index contributed by atoms with van der Waals surface area (Å²) in [5, 5.41) is 8.38. The Morgan fingerprint density at radius 2 is 1.95 bits per heavy atom. The zero-order valence-corrected chi connectivity index (χ0v) is 13.3. The Hall–Kier alpha value is -1.84. The Morgan fingerprint density at radius 3 is 2.73 bits per heavy atom. The summed E-state index contributed by atoms with van der Waals surface area (Å²) in [6.45, 7) is 3.57. The van der Waals surface area contributed by atoms with E-state index in [2.05, 4.69) is 41.7 Å². The number of halogens is 1. The highest BCUT2D eigenvalue weighted by atomic mass is 35.5. The number of aryl methyl sites for hydroxylation is 1. The van der Waals surface area contributed by atoms with Crippen molar-refractivity contribution < 1.29 is 4.84 Å². The van der Waals surface area contributed by atoms with Crippen LogP contribution in [0.3, 0.4) is 0 Å². The van der Waals surface area contributed by atoms with Crippen molar-refractivity contribution in [1.82, 2.24) is 5.32 Å². The number of rotatable bonds is 5. The molecule has 1 atom stereocenters. The van der Waals surface area contributed by atoms with Crippen LogP contribution in [0.1, 0.15) is 23.1 Å². The van der Waals surface area contributed by atoms with Gasteiger partial charge in [-0.25, -0.2) is 0 Å². The van der Waals surface area contributed by atoms with Crippen LogP contribution in [0.2, 0.25) is 5.02 Å². The van der Waals surface area contributed by atoms with E-state index in [1.54, 1.807) is 0 Å². The second-order valence-corrected chi connectivity index (χ2v) is 5.97. The predicted molar refractivity (Wildman–Crippen MR) is 90.4 cm³/mol. The number of benzene rings is 2. The maximum atomic E-state index is 6.14. The Bertz CT molecular complexity index is 667. The van der Waals surface area contributed by atoms with Gasteiger partial charge in [-0.15, -0.1) is 0 Å². The molecule has 0 saturated heterocycles. The second-order valence-electron chi connectivity index (χ2n) is 5.56. The van der Waals surface area contributed by atoms with Crippen molar-refractivity contribution in [1.29, 1.82) is 0 Å². The molecule has 1 heterocycles. The van der Waals surface area contributed by atoms with Gasteiger partial charge in [0.15, 0.2) is 0 Å². The van der Waals surface area contributed by atoms with Gasteiger partial charge in [0.2, 0.25) is 0 Å². The van der Waals surface area contributed by atoms with E-state index < -0.39 is 0 Å². The minimum absolute atomic E-state index is 0.0822. The van der Waals surface area contributed by atoms with Gasteiger partial charge in [-0.2, -0.15) is 0 Å². The van der Waals surface area contributed by atoms with Crippen molar-refractivity contribution in [2.45, 2.75) is 26.0 Å². The van der Waals surface area contributed by atoms with Crippen molar-refractivity contribution in [3.05, 3.63) is 70.2 Å². The third-order valence-corrected chi connectivity index (χ3v) is 4.13. The first kappa shape index (κ1) is 15.1. The van der Waals surface area contributed by atoms with Crippen LogP contribution in [0.5, 0.6) is 0 Å². The van der Waals surface area contributed by atoms with Crippen LogP contribution in [0.25, 0.3) is 0 Å². The van der Waals surface area contributed by atoms with Crippen molar-refractivity contribution in [2.75, 3.05) is 6.54 Å². The third-order valence-electron chi connectivity index (χ3n) is 3.76. The van der Waals surface area contributed by atoms with Crippen LogP contribution in [0, 0.1) is 6.92 Å². The molecule has 1 N–H and O–H groups in total. The normalized spacial score (nSPS) is 17.2. The molecule has 3 rings (SSSR count). The standard InChI is InChI=1S/C18H19ClN2O/c1-13-6-8-14(9-7-13)18-10-16(22-21-18)12-20-11-15-4-2-3-5-17(15)19/h2-9,16,20H,10-12H2,1H3/t16-/m0/s1. The Balaban J connectivity index is 1.48. The Morgan fingerprint density at radius 1 is 1.18 bits per heavy atom. The summed E-state index contributed by atoms with van der Waals surface area (Å²) in [4.78, 5) is 5.51. The topological polar surface area (TPSA) is 33.6 Å². The zero-order valence-electron chi connectivity index (χ0n) is 12.6. The average Bonchev–Trinajstić information content (AvgIpc) is 2.99. The highest BCUT2D eigenvalue weighted by Gasteiger charge is 2.21. The molecule has 0 aliphatic carbocycles. The number of oxime groups is 1. The molecule has 0 aromatic heterocycles. The van der Waals surface area contributed by atoms with Crippen molar-refractivity contribution in [2.24, 2.45) is 5.16 Å². The smallest absolute Gasteiger partial charge is 0.145 e. The first-order valence-electron chi connectivity index (χ1n) is 7.46. The van der Waals surface area contributed by atoms with E-state index in [-0.39, 0.29) is 6.10 Å². The van der Waals surface area contributed by atoms with Crippen molar-refractivity contribution >= 4 is 17.3 Å². The van der Waals surface area contributed by atoms with E-state index in [0.717, 1.165) is 41.4 Å². The molecule has 0 radical (unpaired) electrons. The Labute approximate surface area is 135 Å². The van der Waals surface area contributed by atoms with E-state index in [0.29, 0.717) is 0 Å². The van der Waals surface area contributed by atoms with Gasteiger partial charge in [0.05, 0.1) is 5.71 Å². The first-order valence-corrected chi connectivity index (χ1v) is 7.84. The summed E-state index contributed by atoms with van der Waals surface area (Å²) in [5.74, 6) is 0. The Kier molecular flexibility index (Phi) is 4.76. The largest absolute Gasteiger partial charge is 0.390 e. The van der Waals surface area contributed by atoms with E-state index >= 15 is 0 Å². The van der Waals surface area contributed by atoms with Crippen molar-refractivity contribution in [3.8, 4) is 0 Å². The zero-order chi connectivity index (χ0) is 15.4. The maximum absolute atomic E-state index is 6.14. The fraction of sp³-hybridized carbons (Fsp3) is 0.278. The molecule has 22 heavy (non-hydrogen) atoms. The highest BCUT2D eigenvalue weighted by molar-refractivity contribution is 6.31. The lowest BCUT2D eigenvalue weighted by atomic mass is 10.0. The van der Waals surface area contributed by atoms with Crippen LogP contribution in [0.4, 0.5) is 0 Å². The van der Waals surface area contributed by atoms with E-state index in [1.165, 1.54) is 5.56 Å². The van der Waals surface area contributed by atoms with Gasteiger partial charge >= 0.3 is 0 Å². The monoisotopic (exact) mass is 314 g/mol. The molecule has 2 aromatic rings. The number of nitrogens with one attached hydrogen (secondary N) is 1. The molecule has 4 heteroatoms. The van der Waals surface area contributed by atoms with Crippen LogP contribution in [-0.4, -0.2) is 18.4 Å². The highest BCUT2D eigenvalue weighted by Crippen LogP contribution is 2.18. The molecule has 0 saturated carbocycles. The van der Waals surface area contributed by atoms with Crippen molar-refractivity contribution in [3.63, 3.8) is 0 Å². The molecule has 1 aliphatic rings. The van der Waals surface area contributed by atoms with E-state index in [4.69, 9.17) is 16.4 Å². The second kappa shape index (κ2) is 6.95. The van der Waals surface area contributed by atoms with Gasteiger partial charge in [-0.05, 0) is 24.1 Å². The van der Waals surface area contributed by atoms with Gasteiger partial charge < -0.3 is 10.2 Å². The number of hydrogen-bond acceptors (Lipinski definition) is 3.